The molecule has 0 radical (unpaired) electrons. The molecule has 4 atom stereocenters. The summed E-state index contributed by atoms with van der Waals surface area (Å²) in [6.45, 7) is 4.07. The van der Waals surface area contributed by atoms with Crippen molar-refractivity contribution in [3.8, 4) is 0 Å². The molecule has 0 aromatic carbocycles. The largest absolute Gasteiger partial charge is 0.473 e. The van der Waals surface area contributed by atoms with Gasteiger partial charge < -0.3 is 19.3 Å². The highest BCUT2D eigenvalue weighted by Crippen LogP contribution is 2.37. The highest BCUT2D eigenvalue weighted by atomic mass is 16.7. The van der Waals surface area contributed by atoms with E-state index in [1.54, 1.807) is 0 Å². The SMILES string of the molecule is CC[C@H]1C[C@@H](C)[C@H](OC(=O)C(=O)O)[C@@H]1OCOC. The fourth-order valence-electron chi connectivity index (χ4n) is 2.47. The summed E-state index contributed by atoms with van der Waals surface area (Å²) in [6.07, 6.45) is 0.921. The highest BCUT2D eigenvalue weighted by molar-refractivity contribution is 6.28. The van der Waals surface area contributed by atoms with Crippen molar-refractivity contribution >= 4 is 11.9 Å². The molecule has 0 amide bonds. The van der Waals surface area contributed by atoms with Crippen molar-refractivity contribution in [3.05, 3.63) is 0 Å². The first kappa shape index (κ1) is 14.9. The van der Waals surface area contributed by atoms with Crippen molar-refractivity contribution in [1.82, 2.24) is 0 Å². The van der Waals surface area contributed by atoms with E-state index in [1.165, 1.54) is 7.11 Å². The van der Waals surface area contributed by atoms with Gasteiger partial charge in [0.25, 0.3) is 0 Å². The molecule has 1 N–H and O–H groups in total. The Morgan fingerprint density at radius 3 is 2.50 bits per heavy atom. The van der Waals surface area contributed by atoms with Gasteiger partial charge in [-0.1, -0.05) is 20.3 Å². The van der Waals surface area contributed by atoms with Crippen LogP contribution in [-0.4, -0.2) is 43.2 Å². The monoisotopic (exact) mass is 260 g/mol. The summed E-state index contributed by atoms with van der Waals surface area (Å²) in [5.41, 5.74) is 0. The molecule has 0 spiro atoms. The molecule has 0 aromatic heterocycles. The fourth-order valence-corrected chi connectivity index (χ4v) is 2.47. The number of esters is 1. The Balaban J connectivity index is 2.71. The minimum absolute atomic E-state index is 0.0834. The maximum Gasteiger partial charge on any atom is 0.417 e. The van der Waals surface area contributed by atoms with Crippen LogP contribution in [0.2, 0.25) is 0 Å². The Hall–Kier alpha value is -1.14. The number of hydrogen-bond donors (Lipinski definition) is 1. The number of carboxylic acid groups (broad SMARTS) is 1. The smallest absolute Gasteiger partial charge is 0.417 e. The van der Waals surface area contributed by atoms with Gasteiger partial charge in [0, 0.05) is 7.11 Å². The average Bonchev–Trinajstić information content (AvgIpc) is 2.63. The van der Waals surface area contributed by atoms with Gasteiger partial charge >= 0.3 is 11.9 Å². The van der Waals surface area contributed by atoms with Crippen LogP contribution in [0.1, 0.15) is 26.7 Å². The highest BCUT2D eigenvalue weighted by Gasteiger charge is 2.44. The van der Waals surface area contributed by atoms with Gasteiger partial charge in [-0.25, -0.2) is 9.59 Å². The third-order valence-corrected chi connectivity index (χ3v) is 3.34. The lowest BCUT2D eigenvalue weighted by atomic mass is 10.0. The van der Waals surface area contributed by atoms with E-state index in [-0.39, 0.29) is 24.7 Å². The third-order valence-electron chi connectivity index (χ3n) is 3.34. The number of carbonyl (C=O) groups is 2. The van der Waals surface area contributed by atoms with E-state index >= 15 is 0 Å². The number of rotatable bonds is 5. The topological polar surface area (TPSA) is 82.1 Å². The van der Waals surface area contributed by atoms with Crippen LogP contribution in [-0.2, 0) is 23.8 Å². The Morgan fingerprint density at radius 1 is 1.33 bits per heavy atom. The van der Waals surface area contributed by atoms with E-state index < -0.39 is 18.0 Å². The summed E-state index contributed by atoms with van der Waals surface area (Å²) in [6, 6.07) is 0. The summed E-state index contributed by atoms with van der Waals surface area (Å²) in [5.74, 6) is -2.47. The molecule has 6 nitrogen and oxygen atoms in total. The van der Waals surface area contributed by atoms with E-state index in [1.807, 2.05) is 13.8 Å². The van der Waals surface area contributed by atoms with Crippen LogP contribution >= 0.6 is 0 Å². The predicted molar refractivity (Wildman–Crippen MR) is 61.8 cm³/mol. The van der Waals surface area contributed by atoms with Crippen molar-refractivity contribution in [2.24, 2.45) is 11.8 Å². The lowest BCUT2D eigenvalue weighted by Crippen LogP contribution is -2.37. The average molecular weight is 260 g/mol. The van der Waals surface area contributed by atoms with E-state index in [9.17, 15) is 9.59 Å². The molecule has 0 aromatic rings. The molecular formula is C12H20O6. The molecule has 0 heterocycles. The minimum Gasteiger partial charge on any atom is -0.473 e. The first-order valence-corrected chi connectivity index (χ1v) is 6.05. The third kappa shape index (κ3) is 3.43. The molecule has 18 heavy (non-hydrogen) atoms. The molecule has 104 valence electrons. The van der Waals surface area contributed by atoms with Gasteiger partial charge in [0.2, 0.25) is 0 Å². The second-order valence-electron chi connectivity index (χ2n) is 4.59. The zero-order valence-electron chi connectivity index (χ0n) is 10.9. The number of carbonyl (C=O) groups excluding carboxylic acids is 1. The number of ether oxygens (including phenoxy) is 3. The van der Waals surface area contributed by atoms with Crippen LogP contribution in [0.3, 0.4) is 0 Å². The summed E-state index contributed by atoms with van der Waals surface area (Å²) in [7, 11) is 1.51. The molecule has 1 rings (SSSR count). The number of aliphatic carboxylic acids is 1. The van der Waals surface area contributed by atoms with Crippen LogP contribution in [0.4, 0.5) is 0 Å². The van der Waals surface area contributed by atoms with Crippen LogP contribution in [0.25, 0.3) is 0 Å². The van der Waals surface area contributed by atoms with E-state index in [0.29, 0.717) is 0 Å². The second kappa shape index (κ2) is 6.70. The van der Waals surface area contributed by atoms with Gasteiger partial charge in [0.05, 0.1) is 0 Å². The molecule has 0 aliphatic heterocycles. The maximum atomic E-state index is 11.2. The lowest BCUT2D eigenvalue weighted by molar-refractivity contribution is -0.178. The number of hydrogen-bond acceptors (Lipinski definition) is 5. The maximum absolute atomic E-state index is 11.2. The molecule has 1 aliphatic carbocycles. The molecule has 1 fully saturated rings. The molecule has 1 aliphatic rings. The summed E-state index contributed by atoms with van der Waals surface area (Å²) in [4.78, 5) is 21.7. The molecule has 0 bridgehead atoms. The predicted octanol–water partition coefficient (Wildman–Crippen LogP) is 1.04. The van der Waals surface area contributed by atoms with Gasteiger partial charge in [-0.2, -0.15) is 0 Å². The normalized spacial score (nSPS) is 31.3. The standard InChI is InChI=1S/C12H20O6/c1-4-8-5-7(2)9(10(8)17-6-16-3)18-12(15)11(13)14/h7-10H,4-6H2,1-3H3,(H,13,14)/t7-,8+,9+,10-/m1/s1. The lowest BCUT2D eigenvalue weighted by Gasteiger charge is -2.24. The van der Waals surface area contributed by atoms with E-state index in [4.69, 9.17) is 19.3 Å². The van der Waals surface area contributed by atoms with Crippen LogP contribution in [0.5, 0.6) is 0 Å². The van der Waals surface area contributed by atoms with Gasteiger partial charge in [0.15, 0.2) is 0 Å². The van der Waals surface area contributed by atoms with Gasteiger partial charge in [-0.3, -0.25) is 0 Å². The van der Waals surface area contributed by atoms with Crippen LogP contribution in [0.15, 0.2) is 0 Å². The molecular weight excluding hydrogens is 240 g/mol. The van der Waals surface area contributed by atoms with E-state index in [0.717, 1.165) is 12.8 Å². The summed E-state index contributed by atoms with van der Waals surface area (Å²) in [5, 5.41) is 8.57. The van der Waals surface area contributed by atoms with Crippen molar-refractivity contribution in [3.63, 3.8) is 0 Å². The quantitative estimate of drug-likeness (QED) is 0.452. The Labute approximate surface area is 106 Å². The first-order valence-electron chi connectivity index (χ1n) is 6.05. The van der Waals surface area contributed by atoms with Gasteiger partial charge in [0.1, 0.15) is 19.0 Å². The Morgan fingerprint density at radius 2 is 2.00 bits per heavy atom. The Kier molecular flexibility index (Phi) is 5.55. The van der Waals surface area contributed by atoms with Crippen molar-refractivity contribution in [1.29, 1.82) is 0 Å². The number of carboxylic acids is 1. The zero-order chi connectivity index (χ0) is 13.7. The van der Waals surface area contributed by atoms with Crippen molar-refractivity contribution in [2.75, 3.05) is 13.9 Å². The molecule has 1 saturated carbocycles. The van der Waals surface area contributed by atoms with Crippen molar-refractivity contribution in [2.45, 2.75) is 38.9 Å². The summed E-state index contributed by atoms with van der Waals surface area (Å²) < 4.78 is 15.4. The number of methoxy groups -OCH3 is 1. The first-order chi connectivity index (χ1) is 8.51. The fraction of sp³-hybridized carbons (Fsp3) is 0.833. The second-order valence-corrected chi connectivity index (χ2v) is 4.59. The molecule has 6 heteroatoms. The van der Waals surface area contributed by atoms with Crippen molar-refractivity contribution < 1.29 is 28.9 Å². The summed E-state index contributed by atoms with van der Waals surface area (Å²) >= 11 is 0. The van der Waals surface area contributed by atoms with Crippen LogP contribution < -0.4 is 0 Å². The van der Waals surface area contributed by atoms with Gasteiger partial charge in [-0.15, -0.1) is 0 Å². The Bertz CT molecular complexity index is 303. The molecule has 0 saturated heterocycles. The van der Waals surface area contributed by atoms with Crippen LogP contribution in [0, 0.1) is 11.8 Å². The van der Waals surface area contributed by atoms with Gasteiger partial charge in [-0.05, 0) is 18.3 Å². The minimum atomic E-state index is -1.58. The van der Waals surface area contributed by atoms with E-state index in [2.05, 4.69) is 0 Å². The molecule has 0 unspecified atom stereocenters. The zero-order valence-corrected chi connectivity index (χ0v) is 10.9.